The van der Waals surface area contributed by atoms with Gasteiger partial charge in [-0.1, -0.05) is 71.8 Å². The van der Waals surface area contributed by atoms with Crippen molar-refractivity contribution in [3.63, 3.8) is 0 Å². The maximum Gasteiger partial charge on any atom is 0.257 e. The van der Waals surface area contributed by atoms with Crippen LogP contribution in [0.1, 0.15) is 58.9 Å². The summed E-state index contributed by atoms with van der Waals surface area (Å²) in [7, 11) is 0. The highest BCUT2D eigenvalue weighted by molar-refractivity contribution is 6.30. The Kier molecular flexibility index (Phi) is 6.49. The number of allylic oxidation sites excluding steroid dienone is 1. The van der Waals surface area contributed by atoms with Gasteiger partial charge < -0.3 is 9.47 Å². The van der Waals surface area contributed by atoms with Crippen molar-refractivity contribution in [2.24, 2.45) is 0 Å². The average molecular weight is 508 g/mol. The molecule has 35 heavy (non-hydrogen) atoms. The van der Waals surface area contributed by atoms with Crippen molar-refractivity contribution in [1.82, 2.24) is 4.90 Å². The zero-order valence-corrected chi connectivity index (χ0v) is 21.3. The topological polar surface area (TPSA) is 38.8 Å². The number of hydrogen-bond donors (Lipinski definition) is 0. The van der Waals surface area contributed by atoms with Crippen LogP contribution in [0.2, 0.25) is 10.0 Å². The first-order valence-corrected chi connectivity index (χ1v) is 12.5. The molecule has 1 saturated heterocycles. The summed E-state index contributed by atoms with van der Waals surface area (Å²) in [6, 6.07) is 20.8. The van der Waals surface area contributed by atoms with Crippen molar-refractivity contribution in [3.8, 4) is 0 Å². The van der Waals surface area contributed by atoms with E-state index in [1.807, 2.05) is 85.5 Å². The van der Waals surface area contributed by atoms with Crippen molar-refractivity contribution in [3.05, 3.63) is 111 Å². The number of rotatable bonds is 6. The predicted octanol–water partition coefficient (Wildman–Crippen LogP) is 7.25. The number of nitrogens with zero attached hydrogens (tertiary/aromatic N) is 1. The van der Waals surface area contributed by atoms with E-state index in [1.54, 1.807) is 0 Å². The van der Waals surface area contributed by atoms with E-state index in [1.165, 1.54) is 0 Å². The minimum absolute atomic E-state index is 0.0978. The van der Waals surface area contributed by atoms with Crippen LogP contribution in [-0.4, -0.2) is 30.1 Å². The second-order valence-electron chi connectivity index (χ2n) is 9.20. The van der Waals surface area contributed by atoms with Crippen LogP contribution in [0.4, 0.5) is 0 Å². The van der Waals surface area contributed by atoms with Gasteiger partial charge in [-0.25, -0.2) is 0 Å². The molecule has 0 aliphatic carbocycles. The number of carbonyl (C=O) groups is 1. The highest BCUT2D eigenvalue weighted by Crippen LogP contribution is 2.51. The van der Waals surface area contributed by atoms with E-state index in [9.17, 15) is 4.79 Å². The third kappa shape index (κ3) is 4.19. The molecule has 2 aliphatic rings. The average Bonchev–Trinajstić information content (AvgIpc) is 3.44. The second kappa shape index (κ2) is 9.44. The van der Waals surface area contributed by atoms with Gasteiger partial charge in [0.1, 0.15) is 0 Å². The first-order chi connectivity index (χ1) is 16.8. The third-order valence-electron chi connectivity index (χ3n) is 6.87. The van der Waals surface area contributed by atoms with Crippen LogP contribution in [0.25, 0.3) is 5.57 Å². The molecule has 180 valence electrons. The molecule has 2 heterocycles. The molecule has 1 unspecified atom stereocenters. The van der Waals surface area contributed by atoms with Crippen molar-refractivity contribution < 1.29 is 14.3 Å². The molecule has 0 N–H and O–H groups in total. The smallest absolute Gasteiger partial charge is 0.257 e. The Bertz CT molecular complexity index is 1270. The molecule has 3 aromatic carbocycles. The summed E-state index contributed by atoms with van der Waals surface area (Å²) in [6.07, 6.45) is 0.594. The Labute approximate surface area is 216 Å². The summed E-state index contributed by atoms with van der Waals surface area (Å²) < 4.78 is 12.6. The first-order valence-electron chi connectivity index (χ1n) is 11.7. The van der Waals surface area contributed by atoms with E-state index in [4.69, 9.17) is 32.7 Å². The Morgan fingerprint density at radius 2 is 1.74 bits per heavy atom. The van der Waals surface area contributed by atoms with Crippen LogP contribution in [0.3, 0.4) is 0 Å². The molecule has 4 nitrogen and oxygen atoms in total. The molecule has 1 fully saturated rings. The highest BCUT2D eigenvalue weighted by Gasteiger charge is 2.55. The van der Waals surface area contributed by atoms with Crippen LogP contribution in [0.5, 0.6) is 0 Å². The van der Waals surface area contributed by atoms with Gasteiger partial charge >= 0.3 is 0 Å². The zero-order valence-electron chi connectivity index (χ0n) is 19.8. The van der Waals surface area contributed by atoms with Crippen molar-refractivity contribution in [2.75, 3.05) is 13.2 Å². The lowest BCUT2D eigenvalue weighted by Gasteiger charge is -2.44. The standard InChI is InChI=1S/C29H27Cl2NO3/c1-18(2)21-6-13-27-26(16-21)28(33)32(19(3)20-4-9-23(30)10-5-20)29(27,35-25-14-15-34-17-25)22-7-11-24(31)12-8-22/h4-13,16,19,25H,1,14-15,17H2,2-3H3/t19?,25-,29+/m0/s1. The summed E-state index contributed by atoms with van der Waals surface area (Å²) in [5.41, 5.74) is 3.88. The minimum atomic E-state index is -1.15. The predicted molar refractivity (Wildman–Crippen MR) is 140 cm³/mol. The van der Waals surface area contributed by atoms with Crippen LogP contribution in [0, 0.1) is 0 Å². The molecule has 0 spiro atoms. The summed E-state index contributed by atoms with van der Waals surface area (Å²) in [5, 5.41) is 1.26. The number of fused-ring (bicyclic) bond motifs is 1. The maximum absolute atomic E-state index is 14.2. The Morgan fingerprint density at radius 1 is 1.09 bits per heavy atom. The normalized spacial score (nSPS) is 22.3. The lowest BCUT2D eigenvalue weighted by atomic mass is 9.90. The zero-order chi connectivity index (χ0) is 24.7. The number of carbonyl (C=O) groups excluding carboxylic acids is 1. The number of hydrogen-bond acceptors (Lipinski definition) is 3. The molecule has 3 atom stereocenters. The van der Waals surface area contributed by atoms with Gasteiger partial charge in [-0.05, 0) is 61.7 Å². The molecule has 2 aliphatic heterocycles. The molecule has 0 aromatic heterocycles. The summed E-state index contributed by atoms with van der Waals surface area (Å²) >= 11 is 12.4. The lowest BCUT2D eigenvalue weighted by Crippen LogP contribution is -2.50. The van der Waals surface area contributed by atoms with Crippen molar-refractivity contribution in [1.29, 1.82) is 0 Å². The lowest BCUT2D eigenvalue weighted by molar-refractivity contribution is -0.154. The molecule has 5 rings (SSSR count). The van der Waals surface area contributed by atoms with Crippen LogP contribution in [0.15, 0.2) is 73.3 Å². The van der Waals surface area contributed by atoms with E-state index in [-0.39, 0.29) is 18.1 Å². The Morgan fingerprint density at radius 3 is 2.34 bits per heavy atom. The molecule has 1 amide bonds. The van der Waals surface area contributed by atoms with Gasteiger partial charge in [0.15, 0.2) is 5.72 Å². The van der Waals surface area contributed by atoms with Crippen LogP contribution in [-0.2, 0) is 15.2 Å². The number of benzene rings is 3. The summed E-state index contributed by atoms with van der Waals surface area (Å²) in [5.74, 6) is -0.0978. The molecule has 6 heteroatoms. The van der Waals surface area contributed by atoms with Gasteiger partial charge in [0.05, 0.1) is 18.8 Å². The first kappa shape index (κ1) is 24.1. The highest BCUT2D eigenvalue weighted by atomic mass is 35.5. The molecule has 0 bridgehead atoms. The van der Waals surface area contributed by atoms with E-state index in [2.05, 4.69) is 6.58 Å². The minimum Gasteiger partial charge on any atom is -0.379 e. The van der Waals surface area contributed by atoms with Gasteiger partial charge in [0, 0.05) is 33.3 Å². The summed E-state index contributed by atoms with van der Waals surface area (Å²) in [6.45, 7) is 9.14. The summed E-state index contributed by atoms with van der Waals surface area (Å²) in [4.78, 5) is 16.1. The van der Waals surface area contributed by atoms with Crippen molar-refractivity contribution in [2.45, 2.75) is 38.1 Å². The third-order valence-corrected chi connectivity index (χ3v) is 7.37. The molecular weight excluding hydrogens is 481 g/mol. The monoisotopic (exact) mass is 507 g/mol. The molecule has 0 radical (unpaired) electrons. The van der Waals surface area contributed by atoms with E-state index >= 15 is 0 Å². The number of amides is 1. The fraction of sp³-hybridized carbons (Fsp3) is 0.276. The van der Waals surface area contributed by atoms with E-state index in [0.717, 1.165) is 34.2 Å². The molecular formula is C29H27Cl2NO3. The fourth-order valence-corrected chi connectivity index (χ4v) is 5.28. The Hall–Kier alpha value is -2.63. The van der Waals surface area contributed by atoms with Crippen LogP contribution < -0.4 is 0 Å². The number of ether oxygens (including phenoxy) is 2. The Balaban J connectivity index is 1.76. The van der Waals surface area contributed by atoms with Gasteiger partial charge in [-0.3, -0.25) is 9.69 Å². The number of halogens is 2. The SMILES string of the molecule is C=C(C)c1ccc2c(c1)C(=O)N(C(C)c1ccc(Cl)cc1)[C@@]2(O[C@H]1CCOC1)c1ccc(Cl)cc1. The van der Waals surface area contributed by atoms with E-state index in [0.29, 0.717) is 28.8 Å². The van der Waals surface area contributed by atoms with Gasteiger partial charge in [0.2, 0.25) is 0 Å². The largest absolute Gasteiger partial charge is 0.379 e. The fourth-order valence-electron chi connectivity index (χ4n) is 5.03. The quantitative estimate of drug-likeness (QED) is 0.352. The second-order valence-corrected chi connectivity index (χ2v) is 10.1. The van der Waals surface area contributed by atoms with Crippen LogP contribution >= 0.6 is 23.2 Å². The molecule has 3 aromatic rings. The van der Waals surface area contributed by atoms with Gasteiger partial charge in [-0.2, -0.15) is 0 Å². The molecule has 0 saturated carbocycles. The van der Waals surface area contributed by atoms with Crippen molar-refractivity contribution >= 4 is 34.7 Å². The van der Waals surface area contributed by atoms with Gasteiger partial charge in [0.25, 0.3) is 5.91 Å². The maximum atomic E-state index is 14.2. The van der Waals surface area contributed by atoms with Gasteiger partial charge in [-0.15, -0.1) is 0 Å². The van der Waals surface area contributed by atoms with E-state index < -0.39 is 5.72 Å².